The summed E-state index contributed by atoms with van der Waals surface area (Å²) in [5.41, 5.74) is 1.72. The van der Waals surface area contributed by atoms with Crippen LogP contribution < -0.4 is 0 Å². The Balaban J connectivity index is 1.53. The van der Waals surface area contributed by atoms with Crippen LogP contribution in [0.15, 0.2) is 54.9 Å². The van der Waals surface area contributed by atoms with E-state index in [9.17, 15) is 14.0 Å². The Morgan fingerprint density at radius 2 is 1.91 bits per heavy atom. The number of carbonyl (C=O) groups is 2. The van der Waals surface area contributed by atoms with Crippen molar-refractivity contribution in [2.75, 3.05) is 13.1 Å². The number of piperidine rings is 1. The van der Waals surface area contributed by atoms with Gasteiger partial charge in [-0.1, -0.05) is 6.07 Å². The van der Waals surface area contributed by atoms with E-state index in [1.165, 1.54) is 12.1 Å². The van der Waals surface area contributed by atoms with E-state index in [1.54, 1.807) is 47.6 Å². The molecular formula is C27H29FN4O3. The van der Waals surface area contributed by atoms with Gasteiger partial charge in [-0.05, 0) is 87.9 Å². The third kappa shape index (κ3) is 4.33. The van der Waals surface area contributed by atoms with Crippen LogP contribution in [0.3, 0.4) is 0 Å². The number of fused-ring (bicyclic) bond motifs is 2. The van der Waals surface area contributed by atoms with Crippen LogP contribution in [-0.2, 0) is 17.6 Å². The van der Waals surface area contributed by atoms with E-state index in [0.717, 1.165) is 16.9 Å². The van der Waals surface area contributed by atoms with Crippen molar-refractivity contribution in [3.05, 3.63) is 77.6 Å². The molecule has 182 valence electrons. The molecule has 35 heavy (non-hydrogen) atoms. The van der Waals surface area contributed by atoms with Gasteiger partial charge in [-0.15, -0.1) is 0 Å². The monoisotopic (exact) mass is 476 g/mol. The molecule has 7 nitrogen and oxygen atoms in total. The maximum Gasteiger partial charge on any atom is 0.410 e. The van der Waals surface area contributed by atoms with Crippen molar-refractivity contribution in [2.24, 2.45) is 11.3 Å². The molecule has 1 aliphatic carbocycles. The number of rotatable bonds is 3. The van der Waals surface area contributed by atoms with E-state index in [4.69, 9.17) is 4.74 Å². The lowest BCUT2D eigenvalue weighted by molar-refractivity contribution is -0.0105. The van der Waals surface area contributed by atoms with E-state index in [1.807, 2.05) is 25.5 Å². The largest absolute Gasteiger partial charge is 0.444 e. The maximum atomic E-state index is 14.0. The van der Waals surface area contributed by atoms with Crippen LogP contribution in [0.5, 0.6) is 0 Å². The molecule has 1 aromatic carbocycles. The Hall–Kier alpha value is -3.55. The van der Waals surface area contributed by atoms with Crippen LogP contribution in [0.25, 0.3) is 5.69 Å². The molecule has 1 aliphatic heterocycles. The molecule has 3 aromatic rings. The van der Waals surface area contributed by atoms with Crippen molar-refractivity contribution in [2.45, 2.75) is 45.6 Å². The molecule has 3 heterocycles. The second kappa shape index (κ2) is 8.59. The maximum absolute atomic E-state index is 14.0. The number of carbonyl (C=O) groups excluding carboxylic acids is 2. The van der Waals surface area contributed by atoms with E-state index in [-0.39, 0.29) is 24.1 Å². The highest BCUT2D eigenvalue weighted by Gasteiger charge is 2.54. The zero-order valence-corrected chi connectivity index (χ0v) is 20.2. The lowest BCUT2D eigenvalue weighted by Gasteiger charge is -2.49. The van der Waals surface area contributed by atoms with Crippen molar-refractivity contribution in [1.82, 2.24) is 19.7 Å². The number of aromatic nitrogens is 3. The number of pyridine rings is 1. The van der Waals surface area contributed by atoms with Gasteiger partial charge in [0.25, 0.3) is 0 Å². The lowest BCUT2D eigenvalue weighted by atomic mass is 9.60. The number of Topliss-reactive ketones (excluding diaryl/α,β-unsaturated/α-hetero) is 1. The molecule has 2 atom stereocenters. The van der Waals surface area contributed by atoms with E-state index in [2.05, 4.69) is 10.1 Å². The predicted octanol–water partition coefficient (Wildman–Crippen LogP) is 4.63. The number of likely N-dealkylation sites (tertiary alicyclic amines) is 1. The molecule has 0 unspecified atom stereocenters. The minimum Gasteiger partial charge on any atom is -0.444 e. The molecule has 0 radical (unpaired) electrons. The summed E-state index contributed by atoms with van der Waals surface area (Å²) in [6, 6.07) is 11.6. The molecule has 1 saturated heterocycles. The quantitative estimate of drug-likeness (QED) is 0.515. The fourth-order valence-electron chi connectivity index (χ4n) is 5.36. The van der Waals surface area contributed by atoms with Gasteiger partial charge in [0, 0.05) is 25.0 Å². The van der Waals surface area contributed by atoms with Gasteiger partial charge in [0.2, 0.25) is 0 Å². The minimum atomic E-state index is -0.826. The Kier molecular flexibility index (Phi) is 5.69. The molecule has 5 rings (SSSR count). The minimum absolute atomic E-state index is 0.000841. The number of amides is 1. The first-order valence-electron chi connectivity index (χ1n) is 11.9. The highest BCUT2D eigenvalue weighted by molar-refractivity contribution is 6.00. The zero-order valence-electron chi connectivity index (χ0n) is 20.2. The fourth-order valence-corrected chi connectivity index (χ4v) is 5.36. The predicted molar refractivity (Wildman–Crippen MR) is 128 cm³/mol. The third-order valence-corrected chi connectivity index (χ3v) is 6.98. The molecule has 2 aliphatic rings. The third-order valence-electron chi connectivity index (χ3n) is 6.98. The number of ether oxygens (including phenoxy) is 1. The van der Waals surface area contributed by atoms with Gasteiger partial charge in [0.05, 0.1) is 17.3 Å². The van der Waals surface area contributed by atoms with Crippen LogP contribution in [0.1, 0.15) is 48.9 Å². The lowest BCUT2D eigenvalue weighted by Crippen LogP contribution is -2.58. The SMILES string of the molecule is CC(C)(C)OC(=O)N1CC[C@H]2Cc3c(cnn3-c3ccc(F)cc3)C[C@]2(C(=O)c2ccccn2)C1. The van der Waals surface area contributed by atoms with Crippen molar-refractivity contribution in [3.8, 4) is 5.69 Å². The Labute approximate surface area is 203 Å². The summed E-state index contributed by atoms with van der Waals surface area (Å²) in [6.07, 6.45) is 4.74. The van der Waals surface area contributed by atoms with Gasteiger partial charge in [-0.3, -0.25) is 9.78 Å². The molecule has 1 amide bonds. The van der Waals surface area contributed by atoms with Crippen molar-refractivity contribution < 1.29 is 18.7 Å². The van der Waals surface area contributed by atoms with E-state index >= 15 is 0 Å². The summed E-state index contributed by atoms with van der Waals surface area (Å²) in [4.78, 5) is 33.0. The molecule has 2 aromatic heterocycles. The summed E-state index contributed by atoms with van der Waals surface area (Å²) >= 11 is 0. The Morgan fingerprint density at radius 3 is 2.60 bits per heavy atom. The molecule has 8 heteroatoms. The van der Waals surface area contributed by atoms with Crippen LogP contribution in [0.2, 0.25) is 0 Å². The number of ketones is 1. The first kappa shape index (κ1) is 23.2. The summed E-state index contributed by atoms with van der Waals surface area (Å²) in [7, 11) is 0. The summed E-state index contributed by atoms with van der Waals surface area (Å²) in [5, 5.41) is 4.58. The Bertz CT molecular complexity index is 1250. The van der Waals surface area contributed by atoms with Gasteiger partial charge in [-0.25, -0.2) is 13.9 Å². The normalized spacial score (nSPS) is 21.7. The number of hydrogen-bond donors (Lipinski definition) is 0. The van der Waals surface area contributed by atoms with Gasteiger partial charge in [-0.2, -0.15) is 5.10 Å². The average Bonchev–Trinajstić information content (AvgIpc) is 3.24. The standard InChI is InChI=1S/C27H29FN4O3/c1-26(2,3)35-25(34)31-13-11-19-14-23-18(16-30-32(23)21-9-7-20(28)8-10-21)15-27(19,17-31)24(33)22-6-4-5-12-29-22/h4-10,12,16,19H,11,13-15,17H2,1-3H3/t19-,27-/m0/s1. The second-order valence-electron chi connectivity index (χ2n) is 10.5. The smallest absolute Gasteiger partial charge is 0.410 e. The highest BCUT2D eigenvalue weighted by Crippen LogP contribution is 2.47. The molecule has 1 fully saturated rings. The summed E-state index contributed by atoms with van der Waals surface area (Å²) in [6.45, 7) is 6.29. The number of hydrogen-bond acceptors (Lipinski definition) is 5. The average molecular weight is 477 g/mol. The first-order chi connectivity index (χ1) is 16.7. The van der Waals surface area contributed by atoms with Crippen LogP contribution in [0.4, 0.5) is 9.18 Å². The van der Waals surface area contributed by atoms with Gasteiger partial charge < -0.3 is 9.64 Å². The zero-order chi connectivity index (χ0) is 24.8. The van der Waals surface area contributed by atoms with Crippen LogP contribution in [-0.4, -0.2) is 50.2 Å². The van der Waals surface area contributed by atoms with E-state index in [0.29, 0.717) is 31.5 Å². The van der Waals surface area contributed by atoms with Crippen molar-refractivity contribution in [3.63, 3.8) is 0 Å². The highest BCUT2D eigenvalue weighted by atomic mass is 19.1. The number of benzene rings is 1. The van der Waals surface area contributed by atoms with Crippen LogP contribution in [0, 0.1) is 17.2 Å². The van der Waals surface area contributed by atoms with Crippen LogP contribution >= 0.6 is 0 Å². The van der Waals surface area contributed by atoms with Gasteiger partial charge in [0.15, 0.2) is 5.78 Å². The summed E-state index contributed by atoms with van der Waals surface area (Å²) < 4.78 is 21.0. The van der Waals surface area contributed by atoms with E-state index < -0.39 is 17.1 Å². The number of halogens is 1. The Morgan fingerprint density at radius 1 is 1.14 bits per heavy atom. The van der Waals surface area contributed by atoms with Gasteiger partial charge in [0.1, 0.15) is 17.1 Å². The molecule has 0 bridgehead atoms. The molecule has 0 saturated carbocycles. The first-order valence-corrected chi connectivity index (χ1v) is 11.9. The van der Waals surface area contributed by atoms with Crippen molar-refractivity contribution >= 4 is 11.9 Å². The number of nitrogens with zero attached hydrogens (tertiary/aromatic N) is 4. The van der Waals surface area contributed by atoms with Gasteiger partial charge >= 0.3 is 6.09 Å². The molecular weight excluding hydrogens is 447 g/mol. The fraction of sp³-hybridized carbons (Fsp3) is 0.407. The van der Waals surface area contributed by atoms with Crippen molar-refractivity contribution in [1.29, 1.82) is 0 Å². The molecule has 0 spiro atoms. The summed E-state index contributed by atoms with van der Waals surface area (Å²) in [5.74, 6) is -0.361. The second-order valence-corrected chi connectivity index (χ2v) is 10.5. The molecule has 0 N–H and O–H groups in total. The topological polar surface area (TPSA) is 77.3 Å².